The fraction of sp³-hybridized carbons (Fsp3) is 0.316. The highest BCUT2D eigenvalue weighted by atomic mass is 16.5. The van der Waals surface area contributed by atoms with Crippen LogP contribution in [0.15, 0.2) is 42.5 Å². The van der Waals surface area contributed by atoms with E-state index in [2.05, 4.69) is 17.6 Å². The van der Waals surface area contributed by atoms with Crippen molar-refractivity contribution in [2.45, 2.75) is 33.2 Å². The van der Waals surface area contributed by atoms with E-state index in [0.29, 0.717) is 0 Å². The first kappa shape index (κ1) is 16.9. The van der Waals surface area contributed by atoms with Gasteiger partial charge in [-0.1, -0.05) is 18.2 Å². The molecule has 0 heterocycles. The zero-order valence-electron chi connectivity index (χ0n) is 14.1. The highest BCUT2D eigenvalue weighted by molar-refractivity contribution is 5.89. The number of methoxy groups -OCH3 is 1. The van der Waals surface area contributed by atoms with Crippen molar-refractivity contribution in [3.05, 3.63) is 59.2 Å². The molecule has 2 amide bonds. The van der Waals surface area contributed by atoms with E-state index in [9.17, 15) is 4.79 Å². The largest absolute Gasteiger partial charge is 0.497 e. The van der Waals surface area contributed by atoms with Crippen LogP contribution in [-0.2, 0) is 6.42 Å². The molecule has 0 aliphatic rings. The molecule has 0 aliphatic heterocycles. The lowest BCUT2D eigenvalue weighted by molar-refractivity contribution is 0.249. The van der Waals surface area contributed by atoms with Gasteiger partial charge in [0.25, 0.3) is 0 Å². The zero-order valence-corrected chi connectivity index (χ0v) is 14.1. The molecule has 1 atom stereocenters. The molecule has 2 aromatic carbocycles. The molecule has 0 spiro atoms. The number of hydrogen-bond acceptors (Lipinski definition) is 2. The lowest BCUT2D eigenvalue weighted by Gasteiger charge is -2.15. The summed E-state index contributed by atoms with van der Waals surface area (Å²) in [5.41, 5.74) is 4.30. The van der Waals surface area contributed by atoms with E-state index < -0.39 is 0 Å². The van der Waals surface area contributed by atoms with Gasteiger partial charge in [0.1, 0.15) is 5.75 Å². The van der Waals surface area contributed by atoms with Gasteiger partial charge in [-0.2, -0.15) is 0 Å². The lowest BCUT2D eigenvalue weighted by atomic mass is 10.1. The number of benzene rings is 2. The van der Waals surface area contributed by atoms with Crippen molar-refractivity contribution < 1.29 is 9.53 Å². The molecule has 2 N–H and O–H groups in total. The number of carbonyl (C=O) groups excluding carboxylic acids is 1. The van der Waals surface area contributed by atoms with Gasteiger partial charge in [-0.25, -0.2) is 4.79 Å². The monoisotopic (exact) mass is 312 g/mol. The fourth-order valence-electron chi connectivity index (χ4n) is 2.41. The van der Waals surface area contributed by atoms with Gasteiger partial charge in [-0.3, -0.25) is 0 Å². The van der Waals surface area contributed by atoms with Crippen LogP contribution in [0, 0.1) is 13.8 Å². The summed E-state index contributed by atoms with van der Waals surface area (Å²) in [7, 11) is 1.65. The quantitative estimate of drug-likeness (QED) is 0.874. The first-order valence-electron chi connectivity index (χ1n) is 7.75. The van der Waals surface area contributed by atoms with Gasteiger partial charge in [-0.05, 0) is 68.1 Å². The maximum absolute atomic E-state index is 12.1. The van der Waals surface area contributed by atoms with E-state index >= 15 is 0 Å². The van der Waals surface area contributed by atoms with Crippen LogP contribution in [0.2, 0.25) is 0 Å². The van der Waals surface area contributed by atoms with Crippen molar-refractivity contribution in [2.75, 3.05) is 12.4 Å². The van der Waals surface area contributed by atoms with Crippen LogP contribution in [0.1, 0.15) is 23.6 Å². The standard InChI is InChI=1S/C19H24N2O2/c1-13-8-9-17(10-14(13)2)21-19(22)20-15(3)11-16-6-5-7-18(12-16)23-4/h5-10,12,15H,11H2,1-4H3,(H2,20,21,22). The predicted molar refractivity (Wildman–Crippen MR) is 94.2 cm³/mol. The van der Waals surface area contributed by atoms with Gasteiger partial charge in [0.2, 0.25) is 0 Å². The lowest BCUT2D eigenvalue weighted by Crippen LogP contribution is -2.37. The smallest absolute Gasteiger partial charge is 0.319 e. The topological polar surface area (TPSA) is 50.4 Å². The average Bonchev–Trinajstić information content (AvgIpc) is 2.51. The number of amides is 2. The molecule has 0 fully saturated rings. The molecule has 4 nitrogen and oxygen atoms in total. The number of rotatable bonds is 5. The highest BCUT2D eigenvalue weighted by Gasteiger charge is 2.09. The predicted octanol–water partition coefficient (Wildman–Crippen LogP) is 4.06. The number of anilines is 1. The SMILES string of the molecule is COc1cccc(CC(C)NC(=O)Nc2ccc(C)c(C)c2)c1. The van der Waals surface area contributed by atoms with E-state index in [-0.39, 0.29) is 12.1 Å². The van der Waals surface area contributed by atoms with E-state index in [1.807, 2.05) is 56.3 Å². The van der Waals surface area contributed by atoms with E-state index in [0.717, 1.165) is 29.0 Å². The number of carbonyl (C=O) groups is 1. The van der Waals surface area contributed by atoms with Crippen LogP contribution in [0.5, 0.6) is 5.75 Å². The van der Waals surface area contributed by atoms with E-state index in [4.69, 9.17) is 4.74 Å². The zero-order chi connectivity index (χ0) is 16.8. The summed E-state index contributed by atoms with van der Waals surface area (Å²) in [6.07, 6.45) is 0.748. The molecule has 0 aromatic heterocycles. The first-order valence-corrected chi connectivity index (χ1v) is 7.75. The third kappa shape index (κ3) is 5.02. The average molecular weight is 312 g/mol. The van der Waals surface area contributed by atoms with E-state index in [1.54, 1.807) is 7.11 Å². The van der Waals surface area contributed by atoms with Crippen molar-refractivity contribution in [2.24, 2.45) is 0 Å². The van der Waals surface area contributed by atoms with Crippen LogP contribution in [0.25, 0.3) is 0 Å². The first-order chi connectivity index (χ1) is 11.0. The van der Waals surface area contributed by atoms with Crippen LogP contribution in [-0.4, -0.2) is 19.2 Å². The van der Waals surface area contributed by atoms with Crippen molar-refractivity contribution in [1.82, 2.24) is 5.32 Å². The van der Waals surface area contributed by atoms with Crippen molar-refractivity contribution in [3.8, 4) is 5.75 Å². The van der Waals surface area contributed by atoms with Crippen molar-refractivity contribution in [3.63, 3.8) is 0 Å². The van der Waals surface area contributed by atoms with E-state index in [1.165, 1.54) is 5.56 Å². The molecule has 1 unspecified atom stereocenters. The summed E-state index contributed by atoms with van der Waals surface area (Å²) in [6.45, 7) is 6.07. The van der Waals surface area contributed by atoms with Gasteiger partial charge >= 0.3 is 6.03 Å². The Labute approximate surface area is 137 Å². The van der Waals surface area contributed by atoms with Crippen molar-refractivity contribution in [1.29, 1.82) is 0 Å². The molecular formula is C19H24N2O2. The minimum Gasteiger partial charge on any atom is -0.497 e. The second-order valence-corrected chi connectivity index (χ2v) is 5.85. The summed E-state index contributed by atoms with van der Waals surface area (Å²) < 4.78 is 5.22. The molecule has 0 saturated carbocycles. The molecule has 4 heteroatoms. The fourth-order valence-corrected chi connectivity index (χ4v) is 2.41. The Bertz CT molecular complexity index is 683. The summed E-state index contributed by atoms with van der Waals surface area (Å²) in [4.78, 5) is 12.1. The molecule has 0 aliphatic carbocycles. The van der Waals surface area contributed by atoms with Crippen LogP contribution in [0.3, 0.4) is 0 Å². The highest BCUT2D eigenvalue weighted by Crippen LogP contribution is 2.15. The Morgan fingerprint density at radius 1 is 1.13 bits per heavy atom. The minimum atomic E-state index is -0.191. The maximum Gasteiger partial charge on any atom is 0.319 e. The van der Waals surface area contributed by atoms with Crippen molar-refractivity contribution >= 4 is 11.7 Å². The number of aryl methyl sites for hydroxylation is 2. The summed E-state index contributed by atoms with van der Waals surface area (Å²) in [5, 5.41) is 5.83. The van der Waals surface area contributed by atoms with Gasteiger partial charge in [0.15, 0.2) is 0 Å². The Morgan fingerprint density at radius 3 is 2.61 bits per heavy atom. The summed E-state index contributed by atoms with van der Waals surface area (Å²) >= 11 is 0. The normalized spacial score (nSPS) is 11.7. The molecule has 23 heavy (non-hydrogen) atoms. The van der Waals surface area contributed by atoms with Gasteiger partial charge in [0, 0.05) is 11.7 Å². The maximum atomic E-state index is 12.1. The van der Waals surface area contributed by atoms with Gasteiger partial charge < -0.3 is 15.4 Å². The third-order valence-corrected chi connectivity index (χ3v) is 3.82. The number of urea groups is 1. The second-order valence-electron chi connectivity index (χ2n) is 5.85. The Hall–Kier alpha value is -2.49. The van der Waals surface area contributed by atoms with Crippen LogP contribution in [0.4, 0.5) is 10.5 Å². The van der Waals surface area contributed by atoms with Gasteiger partial charge in [-0.15, -0.1) is 0 Å². The van der Waals surface area contributed by atoms with Gasteiger partial charge in [0.05, 0.1) is 7.11 Å². The Balaban J connectivity index is 1.90. The molecule has 122 valence electrons. The van der Waals surface area contributed by atoms with Crippen LogP contribution < -0.4 is 15.4 Å². The second kappa shape index (κ2) is 7.68. The third-order valence-electron chi connectivity index (χ3n) is 3.82. The molecule has 0 radical (unpaired) electrons. The summed E-state index contributed by atoms with van der Waals surface area (Å²) in [6, 6.07) is 13.6. The Kier molecular flexibility index (Phi) is 5.63. The van der Waals surface area contributed by atoms with Crippen LogP contribution >= 0.6 is 0 Å². The molecule has 2 aromatic rings. The summed E-state index contributed by atoms with van der Waals surface area (Å²) in [5.74, 6) is 0.828. The Morgan fingerprint density at radius 2 is 1.91 bits per heavy atom. The molecule has 2 rings (SSSR count). The molecule has 0 saturated heterocycles. The number of nitrogens with one attached hydrogen (secondary N) is 2. The molecular weight excluding hydrogens is 288 g/mol. The number of ether oxygens (including phenoxy) is 1. The minimum absolute atomic E-state index is 0.0219. The number of hydrogen-bond donors (Lipinski definition) is 2. The molecule has 0 bridgehead atoms.